The number of rotatable bonds is 5. The van der Waals surface area contributed by atoms with Gasteiger partial charge in [0.15, 0.2) is 0 Å². The molecule has 4 aromatic rings. The Bertz CT molecular complexity index is 1150. The molecule has 3 aromatic carbocycles. The van der Waals surface area contributed by atoms with Crippen molar-refractivity contribution >= 4 is 38.9 Å². The molecule has 1 unspecified atom stereocenters. The van der Waals surface area contributed by atoms with Crippen molar-refractivity contribution in [3.05, 3.63) is 78.9 Å². The van der Waals surface area contributed by atoms with E-state index in [9.17, 15) is 0 Å². The van der Waals surface area contributed by atoms with Gasteiger partial charge >= 0.3 is 0 Å². The Labute approximate surface area is 167 Å². The predicted octanol–water partition coefficient (Wildman–Crippen LogP) is 7.57. The van der Waals surface area contributed by atoms with E-state index in [-0.39, 0.29) is 0 Å². The Morgan fingerprint density at radius 3 is 2.21 bits per heavy atom. The smallest absolute Gasteiger partial charge is 0.0539 e. The highest BCUT2D eigenvalue weighted by Crippen LogP contribution is 2.36. The summed E-state index contributed by atoms with van der Waals surface area (Å²) in [6.45, 7) is 10.9. The van der Waals surface area contributed by atoms with Gasteiger partial charge in [-0.2, -0.15) is 0 Å². The minimum Gasteiger partial charge on any atom is -0.345 e. The number of para-hydroxylation sites is 1. The van der Waals surface area contributed by atoms with Crippen LogP contribution in [-0.4, -0.2) is 11.6 Å². The highest BCUT2D eigenvalue weighted by Gasteiger charge is 2.15. The van der Waals surface area contributed by atoms with E-state index in [1.54, 1.807) is 0 Å². The lowest BCUT2D eigenvalue weighted by molar-refractivity contribution is 0.735. The fraction of sp³-hybridized carbons (Fsp3) is 0.231. The van der Waals surface area contributed by atoms with Gasteiger partial charge in [0.2, 0.25) is 0 Å². The van der Waals surface area contributed by atoms with Crippen molar-refractivity contribution in [2.24, 2.45) is 0 Å². The van der Waals surface area contributed by atoms with Crippen LogP contribution >= 0.6 is 0 Å². The van der Waals surface area contributed by atoms with Gasteiger partial charge in [-0.25, -0.2) is 0 Å². The zero-order valence-corrected chi connectivity index (χ0v) is 17.2. The summed E-state index contributed by atoms with van der Waals surface area (Å²) in [6.07, 6.45) is 1.15. The van der Waals surface area contributed by atoms with Gasteiger partial charge < -0.3 is 9.47 Å². The molecule has 1 aromatic heterocycles. The van der Waals surface area contributed by atoms with Crippen LogP contribution in [0.25, 0.3) is 27.5 Å². The molecule has 0 saturated carbocycles. The van der Waals surface area contributed by atoms with Gasteiger partial charge in [0.1, 0.15) is 0 Å². The van der Waals surface area contributed by atoms with Crippen LogP contribution in [0, 0.1) is 0 Å². The molecule has 0 N–H and O–H groups in total. The summed E-state index contributed by atoms with van der Waals surface area (Å²) in [4.78, 5) is 2.24. The van der Waals surface area contributed by atoms with E-state index in [0.717, 1.165) is 12.1 Å². The quantitative estimate of drug-likeness (QED) is 0.353. The van der Waals surface area contributed by atoms with Crippen molar-refractivity contribution < 1.29 is 0 Å². The fourth-order valence-corrected chi connectivity index (χ4v) is 3.99. The molecule has 0 aliphatic carbocycles. The molecule has 0 spiro atoms. The molecule has 0 radical (unpaired) electrons. The third kappa shape index (κ3) is 2.99. The second-order valence-electron chi connectivity index (χ2n) is 7.75. The maximum absolute atomic E-state index is 4.23. The SMILES string of the molecule is C=C(C)n1c2ccc(C(C)CC)cc2c2cc(N(C)c3ccccc3)ccc21. The van der Waals surface area contributed by atoms with Crippen molar-refractivity contribution in [1.29, 1.82) is 0 Å². The second kappa shape index (κ2) is 7.20. The van der Waals surface area contributed by atoms with Crippen LogP contribution < -0.4 is 4.90 Å². The van der Waals surface area contributed by atoms with Crippen molar-refractivity contribution in [2.75, 3.05) is 11.9 Å². The molecule has 0 amide bonds. The van der Waals surface area contributed by atoms with Gasteiger partial charge in [-0.15, -0.1) is 0 Å². The largest absolute Gasteiger partial charge is 0.345 e. The monoisotopic (exact) mass is 368 g/mol. The average molecular weight is 369 g/mol. The lowest BCUT2D eigenvalue weighted by Crippen LogP contribution is -2.08. The minimum atomic E-state index is 0.558. The van der Waals surface area contributed by atoms with Crippen LogP contribution in [0.3, 0.4) is 0 Å². The first-order valence-corrected chi connectivity index (χ1v) is 10.0. The molecule has 0 aliphatic heterocycles. The van der Waals surface area contributed by atoms with Crippen molar-refractivity contribution in [1.82, 2.24) is 4.57 Å². The number of aromatic nitrogens is 1. The maximum Gasteiger partial charge on any atom is 0.0539 e. The van der Waals surface area contributed by atoms with E-state index in [0.29, 0.717) is 5.92 Å². The average Bonchev–Trinajstić information content (AvgIpc) is 3.06. The van der Waals surface area contributed by atoms with Crippen molar-refractivity contribution in [3.8, 4) is 0 Å². The Hall–Kier alpha value is -3.00. The number of hydrogen-bond donors (Lipinski definition) is 0. The standard InChI is InChI=1S/C26H28N2/c1-6-19(4)20-12-14-25-23(16-20)24-17-22(13-15-26(24)28(25)18(2)3)27(5)21-10-8-7-9-11-21/h7-17,19H,2,6H2,1,3-5H3. The maximum atomic E-state index is 4.23. The lowest BCUT2D eigenvalue weighted by Gasteiger charge is -2.19. The van der Waals surface area contributed by atoms with Gasteiger partial charge in [-0.3, -0.25) is 0 Å². The molecule has 0 bridgehead atoms. The van der Waals surface area contributed by atoms with E-state index in [4.69, 9.17) is 0 Å². The Kier molecular flexibility index (Phi) is 4.72. The molecule has 1 atom stereocenters. The number of fused-ring (bicyclic) bond motifs is 3. The highest BCUT2D eigenvalue weighted by atomic mass is 15.1. The van der Waals surface area contributed by atoms with Gasteiger partial charge in [-0.1, -0.05) is 44.7 Å². The first-order valence-electron chi connectivity index (χ1n) is 10.0. The molecule has 0 saturated heterocycles. The molecular weight excluding hydrogens is 340 g/mol. The van der Waals surface area contributed by atoms with Crippen molar-refractivity contribution in [3.63, 3.8) is 0 Å². The molecule has 0 aliphatic rings. The third-order valence-corrected chi connectivity index (χ3v) is 5.87. The summed E-state index contributed by atoms with van der Waals surface area (Å²) in [5, 5.41) is 2.59. The zero-order valence-electron chi connectivity index (χ0n) is 17.2. The van der Waals surface area contributed by atoms with Crippen LogP contribution in [0.4, 0.5) is 11.4 Å². The van der Waals surface area contributed by atoms with Crippen LogP contribution in [0.15, 0.2) is 73.3 Å². The Morgan fingerprint density at radius 1 is 0.929 bits per heavy atom. The number of allylic oxidation sites excluding steroid dienone is 1. The van der Waals surface area contributed by atoms with E-state index in [1.165, 1.54) is 38.7 Å². The van der Waals surface area contributed by atoms with Gasteiger partial charge in [0.25, 0.3) is 0 Å². The molecule has 142 valence electrons. The van der Waals surface area contributed by atoms with Gasteiger partial charge in [0.05, 0.1) is 11.0 Å². The summed E-state index contributed by atoms with van der Waals surface area (Å²) in [6, 6.07) is 24.1. The topological polar surface area (TPSA) is 8.17 Å². The number of benzene rings is 3. The molecule has 0 fully saturated rings. The van der Waals surface area contributed by atoms with E-state index < -0.39 is 0 Å². The van der Waals surface area contributed by atoms with E-state index >= 15 is 0 Å². The van der Waals surface area contributed by atoms with E-state index in [2.05, 4.69) is 111 Å². The van der Waals surface area contributed by atoms with Crippen LogP contribution in [0.2, 0.25) is 0 Å². The number of nitrogens with zero attached hydrogens (tertiary/aromatic N) is 2. The van der Waals surface area contributed by atoms with Gasteiger partial charge in [-0.05, 0) is 67.3 Å². The van der Waals surface area contributed by atoms with Crippen molar-refractivity contribution in [2.45, 2.75) is 33.1 Å². The molecule has 4 rings (SSSR count). The summed E-state index contributed by atoms with van der Waals surface area (Å²) in [5.74, 6) is 0.558. The van der Waals surface area contributed by atoms with Crippen LogP contribution in [-0.2, 0) is 0 Å². The van der Waals surface area contributed by atoms with Crippen LogP contribution in [0.1, 0.15) is 38.7 Å². The highest BCUT2D eigenvalue weighted by molar-refractivity contribution is 6.11. The molecular formula is C26H28N2. The van der Waals surface area contributed by atoms with Crippen LogP contribution in [0.5, 0.6) is 0 Å². The number of hydrogen-bond acceptors (Lipinski definition) is 1. The normalized spacial score (nSPS) is 12.4. The molecule has 28 heavy (non-hydrogen) atoms. The summed E-state index contributed by atoms with van der Waals surface area (Å²) < 4.78 is 2.28. The summed E-state index contributed by atoms with van der Waals surface area (Å²) in [5.41, 5.74) is 7.26. The Balaban J connectivity index is 1.96. The Morgan fingerprint density at radius 2 is 1.57 bits per heavy atom. The molecule has 2 nitrogen and oxygen atoms in total. The predicted molar refractivity (Wildman–Crippen MR) is 124 cm³/mol. The fourth-order valence-electron chi connectivity index (χ4n) is 3.99. The first kappa shape index (κ1) is 18.4. The zero-order chi connectivity index (χ0) is 19.8. The first-order chi connectivity index (χ1) is 13.5. The minimum absolute atomic E-state index is 0.558. The number of anilines is 2. The molecule has 1 heterocycles. The second-order valence-corrected chi connectivity index (χ2v) is 7.75. The lowest BCUT2D eigenvalue weighted by atomic mass is 9.97. The van der Waals surface area contributed by atoms with E-state index in [1.807, 2.05) is 0 Å². The molecule has 2 heteroatoms. The summed E-state index contributed by atoms with van der Waals surface area (Å²) >= 11 is 0. The summed E-state index contributed by atoms with van der Waals surface area (Å²) in [7, 11) is 2.12. The third-order valence-electron chi connectivity index (χ3n) is 5.87. The van der Waals surface area contributed by atoms with Gasteiger partial charge in [0, 0.05) is 34.9 Å².